The van der Waals surface area contributed by atoms with Crippen LogP contribution in [0.1, 0.15) is 56.8 Å². The maximum Gasteiger partial charge on any atom is 0.281 e. The molecule has 13 heteroatoms. The molecule has 12 nitrogen and oxygen atoms in total. The lowest BCUT2D eigenvalue weighted by Crippen LogP contribution is -2.56. The molecule has 4 amide bonds. The summed E-state index contributed by atoms with van der Waals surface area (Å²) in [5, 5.41) is 13.3. The van der Waals surface area contributed by atoms with Crippen LogP contribution in [-0.4, -0.2) is 84.3 Å². The van der Waals surface area contributed by atoms with Gasteiger partial charge in [0.05, 0.1) is 6.04 Å². The van der Waals surface area contributed by atoms with Crippen molar-refractivity contribution in [2.75, 3.05) is 25.1 Å². The Labute approximate surface area is 232 Å². The molecule has 1 aliphatic heterocycles. The molecule has 7 N–H and O–H groups in total. The molecule has 2 rings (SSSR count). The monoisotopic (exact) mass is 560 g/mol. The molecule has 0 aromatic heterocycles. The van der Waals surface area contributed by atoms with E-state index in [4.69, 9.17) is 11.1 Å². The highest BCUT2D eigenvalue weighted by Gasteiger charge is 2.39. The third-order valence-corrected chi connectivity index (χ3v) is 6.36. The van der Waals surface area contributed by atoms with Crippen LogP contribution in [0, 0.1) is 5.92 Å². The second-order valence-electron chi connectivity index (χ2n) is 9.99. The summed E-state index contributed by atoms with van der Waals surface area (Å²) in [4.78, 5) is 68.6. The lowest BCUT2D eigenvalue weighted by molar-refractivity contribution is -0.141. The van der Waals surface area contributed by atoms with Gasteiger partial charge in [0.15, 0.2) is 5.78 Å². The van der Waals surface area contributed by atoms with Crippen molar-refractivity contribution in [1.29, 1.82) is 0 Å². The second-order valence-corrected chi connectivity index (χ2v) is 9.99. The quantitative estimate of drug-likeness (QED) is 0.114. The molecule has 1 aliphatic rings. The number of benzene rings is 1. The number of carbonyl (C=O) groups is 5. The number of likely N-dealkylation sites (tertiary alicyclic amines) is 1. The van der Waals surface area contributed by atoms with Gasteiger partial charge < -0.3 is 20.9 Å². The van der Waals surface area contributed by atoms with Gasteiger partial charge in [-0.1, -0.05) is 19.9 Å². The first-order chi connectivity index (χ1) is 18.9. The number of rotatable bonds is 14. The van der Waals surface area contributed by atoms with Gasteiger partial charge >= 0.3 is 0 Å². The van der Waals surface area contributed by atoms with Crippen molar-refractivity contribution in [1.82, 2.24) is 15.5 Å². The molecular weight excluding hydrogens is 521 g/mol. The Morgan fingerprint density at radius 2 is 1.95 bits per heavy atom. The highest BCUT2D eigenvalue weighted by Crippen LogP contribution is 2.21. The third kappa shape index (κ3) is 9.54. The predicted molar refractivity (Wildman–Crippen MR) is 148 cm³/mol. The van der Waals surface area contributed by atoms with E-state index in [0.717, 1.165) is 0 Å². The molecule has 3 atom stereocenters. The number of ketones is 1. The molecule has 1 aromatic carbocycles. The first-order valence-corrected chi connectivity index (χ1v) is 13.2. The van der Waals surface area contributed by atoms with E-state index in [9.17, 15) is 28.4 Å². The zero-order valence-corrected chi connectivity index (χ0v) is 23.1. The number of nitrogens with two attached hydrogens (primary N) is 2. The topological polar surface area (TPSA) is 189 Å². The summed E-state index contributed by atoms with van der Waals surface area (Å²) in [5.74, 6) is -2.83. The average molecular weight is 561 g/mol. The molecule has 0 saturated carbocycles. The van der Waals surface area contributed by atoms with Crippen molar-refractivity contribution < 1.29 is 33.8 Å². The Kier molecular flexibility index (Phi) is 12.4. The minimum atomic E-state index is -1.24. The number of alkyl halides is 1. The second kappa shape index (κ2) is 15.4. The van der Waals surface area contributed by atoms with E-state index in [1.165, 1.54) is 24.1 Å². The van der Waals surface area contributed by atoms with Crippen molar-refractivity contribution in [3.63, 3.8) is 0 Å². The zero-order chi connectivity index (χ0) is 29.8. The number of nitrogens with zero attached hydrogens (tertiary/aromatic N) is 2. The van der Waals surface area contributed by atoms with Crippen molar-refractivity contribution in [2.24, 2.45) is 16.6 Å². The number of halogens is 1. The van der Waals surface area contributed by atoms with Gasteiger partial charge in [0, 0.05) is 31.3 Å². The molecule has 1 saturated heterocycles. The minimum absolute atomic E-state index is 0.0325. The molecular formula is C27H39FN7O5+. The number of hydrogen-bond donors (Lipinski definition) is 5. The molecule has 1 aromatic rings. The van der Waals surface area contributed by atoms with Crippen LogP contribution in [0.15, 0.2) is 29.3 Å². The number of anilines is 1. The SMILES string of the molecule is CC(=O)Nc1cccc(C(=O)NC(C(=O)N2CCCC2C(=O)NC(CCCN=CC(N)=[NH2+])C(=O)CF)C(C)C)c1. The Balaban J connectivity index is 2.11. The Morgan fingerprint density at radius 3 is 2.58 bits per heavy atom. The fourth-order valence-corrected chi connectivity index (χ4v) is 4.39. The van der Waals surface area contributed by atoms with E-state index < -0.39 is 48.3 Å². The number of Topliss-reactive ketones (excluding diaryl/α,β-unsaturated/α-hetero) is 1. The lowest BCUT2D eigenvalue weighted by atomic mass is 10.0. The Bertz CT molecular complexity index is 1140. The van der Waals surface area contributed by atoms with Crippen molar-refractivity contribution >= 4 is 47.1 Å². The average Bonchev–Trinajstić information content (AvgIpc) is 3.39. The zero-order valence-electron chi connectivity index (χ0n) is 23.1. The molecule has 0 aliphatic carbocycles. The van der Waals surface area contributed by atoms with Crippen LogP contribution >= 0.6 is 0 Å². The third-order valence-electron chi connectivity index (χ3n) is 6.36. The summed E-state index contributed by atoms with van der Waals surface area (Å²) in [7, 11) is 0. The van der Waals surface area contributed by atoms with Gasteiger partial charge in [-0.15, -0.1) is 0 Å². The van der Waals surface area contributed by atoms with Gasteiger partial charge in [-0.3, -0.25) is 40.1 Å². The predicted octanol–water partition coefficient (Wildman–Crippen LogP) is -0.619. The summed E-state index contributed by atoms with van der Waals surface area (Å²) in [6.07, 6.45) is 2.71. The summed E-state index contributed by atoms with van der Waals surface area (Å²) in [5.41, 5.74) is 6.00. The van der Waals surface area contributed by atoms with E-state index in [-0.39, 0.29) is 36.2 Å². The molecule has 0 radical (unpaired) electrons. The van der Waals surface area contributed by atoms with Crippen LogP contribution in [0.2, 0.25) is 0 Å². The van der Waals surface area contributed by atoms with Gasteiger partial charge in [-0.25, -0.2) is 4.39 Å². The molecule has 1 fully saturated rings. The lowest BCUT2D eigenvalue weighted by Gasteiger charge is -2.31. The van der Waals surface area contributed by atoms with Crippen LogP contribution in [0.25, 0.3) is 0 Å². The molecule has 218 valence electrons. The van der Waals surface area contributed by atoms with Gasteiger partial charge in [-0.2, -0.15) is 0 Å². The summed E-state index contributed by atoms with van der Waals surface area (Å²) in [6, 6.07) is 3.44. The van der Waals surface area contributed by atoms with Crippen LogP contribution < -0.4 is 27.1 Å². The smallest absolute Gasteiger partial charge is 0.281 e. The van der Waals surface area contributed by atoms with Gasteiger partial charge in [0.25, 0.3) is 11.7 Å². The first-order valence-electron chi connectivity index (χ1n) is 13.2. The summed E-state index contributed by atoms with van der Waals surface area (Å²) in [6.45, 7) is 4.23. The fraction of sp³-hybridized carbons (Fsp3) is 0.519. The fourth-order valence-electron chi connectivity index (χ4n) is 4.39. The number of carbonyl (C=O) groups excluding carboxylic acids is 5. The van der Waals surface area contributed by atoms with Crippen LogP contribution in [-0.2, 0) is 19.2 Å². The van der Waals surface area contributed by atoms with Crippen LogP contribution in [0.4, 0.5) is 10.1 Å². The Hall–Kier alpha value is -4.16. The molecule has 3 unspecified atom stereocenters. The van der Waals surface area contributed by atoms with E-state index >= 15 is 0 Å². The van der Waals surface area contributed by atoms with Crippen molar-refractivity contribution in [3.8, 4) is 0 Å². The normalized spacial score (nSPS) is 16.4. The highest BCUT2D eigenvalue weighted by molar-refractivity contribution is 6.25. The number of nitrogens with one attached hydrogen (secondary N) is 3. The maximum atomic E-state index is 13.6. The standard InChI is InChI=1S/C27H38FN7O5/c1-16(2)24(34-25(38)18-7-4-8-19(13-18)32-17(3)36)27(40)35-12-6-10-21(35)26(39)33-20(22(37)14-28)9-5-11-31-15-23(29)30/h4,7-8,13,15-16,20-21,24H,5-6,9-12,14H2,1-3H3,(H3,29,30)(H,32,36)(H,33,39)(H,34,38)/p+1. The number of aliphatic imine (C=N–C) groups is 1. The van der Waals surface area contributed by atoms with Crippen molar-refractivity contribution in [2.45, 2.75) is 64.6 Å². The van der Waals surface area contributed by atoms with Crippen molar-refractivity contribution in [3.05, 3.63) is 29.8 Å². The number of amidine groups is 1. The van der Waals surface area contributed by atoms with Crippen LogP contribution in [0.5, 0.6) is 0 Å². The first kappa shape index (κ1) is 32.1. The molecule has 1 heterocycles. The van der Waals surface area contributed by atoms with E-state index in [1.54, 1.807) is 32.0 Å². The summed E-state index contributed by atoms with van der Waals surface area (Å²) >= 11 is 0. The highest BCUT2D eigenvalue weighted by atomic mass is 19.1. The van der Waals surface area contributed by atoms with Crippen LogP contribution in [0.3, 0.4) is 0 Å². The van der Waals surface area contributed by atoms with E-state index in [1.807, 2.05) is 0 Å². The van der Waals surface area contributed by atoms with E-state index in [0.29, 0.717) is 31.5 Å². The molecule has 0 bridgehead atoms. The Morgan fingerprint density at radius 1 is 1.23 bits per heavy atom. The number of hydrogen-bond acceptors (Lipinski definition) is 6. The summed E-state index contributed by atoms with van der Waals surface area (Å²) < 4.78 is 13.2. The number of amides is 4. The van der Waals surface area contributed by atoms with Gasteiger partial charge in [0.2, 0.25) is 17.7 Å². The maximum absolute atomic E-state index is 13.6. The molecule has 0 spiro atoms. The minimum Gasteiger partial charge on any atom is -0.344 e. The van der Waals surface area contributed by atoms with E-state index in [2.05, 4.69) is 20.9 Å². The van der Waals surface area contributed by atoms with Gasteiger partial charge in [-0.05, 0) is 49.8 Å². The molecule has 40 heavy (non-hydrogen) atoms. The van der Waals surface area contributed by atoms with Gasteiger partial charge in [0.1, 0.15) is 25.0 Å². The largest absolute Gasteiger partial charge is 0.344 e.